The molecule has 0 aliphatic carbocycles. The minimum absolute atomic E-state index is 0.0502. The second-order valence-corrected chi connectivity index (χ2v) is 5.98. The highest BCUT2D eigenvalue weighted by Gasteiger charge is 2.19. The summed E-state index contributed by atoms with van der Waals surface area (Å²) >= 11 is 0. The molecule has 1 unspecified atom stereocenters. The van der Waals surface area contributed by atoms with Crippen LogP contribution in [-0.2, 0) is 11.2 Å². The quantitative estimate of drug-likeness (QED) is 0.670. The monoisotopic (exact) mass is 371 g/mol. The van der Waals surface area contributed by atoms with Crippen LogP contribution in [0.3, 0.4) is 0 Å². The molecule has 1 atom stereocenters. The summed E-state index contributed by atoms with van der Waals surface area (Å²) in [5.41, 5.74) is 1.34. The number of hydrogen-bond donors (Lipinski definition) is 2. The van der Waals surface area contributed by atoms with Crippen molar-refractivity contribution >= 4 is 11.9 Å². The number of benzene rings is 2. The number of amides is 1. The molecule has 0 heterocycles. The zero-order valence-corrected chi connectivity index (χ0v) is 15.6. The van der Waals surface area contributed by atoms with Gasteiger partial charge >= 0.3 is 5.97 Å². The number of carboxylic acid groups (broad SMARTS) is 1. The molecule has 27 heavy (non-hydrogen) atoms. The summed E-state index contributed by atoms with van der Waals surface area (Å²) in [6.07, 6.45) is 0.325. The van der Waals surface area contributed by atoms with E-state index in [4.69, 9.17) is 9.47 Å². The van der Waals surface area contributed by atoms with Crippen molar-refractivity contribution in [1.29, 1.82) is 0 Å². The van der Waals surface area contributed by atoms with Gasteiger partial charge in [0.1, 0.15) is 11.5 Å². The van der Waals surface area contributed by atoms with Gasteiger partial charge in [0, 0.05) is 12.1 Å². The Bertz CT molecular complexity index is 740. The number of carbonyl (C=O) groups excluding carboxylic acids is 1. The lowest BCUT2D eigenvalue weighted by atomic mass is 9.99. The molecule has 0 fully saturated rings. The Morgan fingerprint density at radius 1 is 0.926 bits per heavy atom. The Hall–Kier alpha value is -3.02. The van der Waals surface area contributed by atoms with Crippen LogP contribution in [0, 0.1) is 5.92 Å². The molecule has 0 bridgehead atoms. The largest absolute Gasteiger partial charge is 0.494 e. The molecule has 2 N–H and O–H groups in total. The van der Waals surface area contributed by atoms with Gasteiger partial charge in [-0.25, -0.2) is 0 Å². The van der Waals surface area contributed by atoms with E-state index in [0.29, 0.717) is 30.9 Å². The Morgan fingerprint density at radius 3 is 1.93 bits per heavy atom. The fourth-order valence-electron chi connectivity index (χ4n) is 2.61. The number of carbonyl (C=O) groups is 2. The van der Waals surface area contributed by atoms with Crippen LogP contribution in [0.1, 0.15) is 29.8 Å². The minimum Gasteiger partial charge on any atom is -0.494 e. The van der Waals surface area contributed by atoms with Crippen molar-refractivity contribution in [1.82, 2.24) is 5.32 Å². The molecule has 0 spiro atoms. The molecule has 2 rings (SSSR count). The lowest BCUT2D eigenvalue weighted by Gasteiger charge is -2.14. The third-order valence-corrected chi connectivity index (χ3v) is 4.00. The Labute approximate surface area is 159 Å². The van der Waals surface area contributed by atoms with Gasteiger partial charge in [-0.1, -0.05) is 12.1 Å². The predicted molar refractivity (Wildman–Crippen MR) is 102 cm³/mol. The highest BCUT2D eigenvalue weighted by molar-refractivity contribution is 5.94. The average Bonchev–Trinajstić information content (AvgIpc) is 2.67. The first-order valence-electron chi connectivity index (χ1n) is 8.99. The first-order valence-corrected chi connectivity index (χ1v) is 8.99. The highest BCUT2D eigenvalue weighted by atomic mass is 16.5. The highest BCUT2D eigenvalue weighted by Crippen LogP contribution is 2.16. The third kappa shape index (κ3) is 6.33. The van der Waals surface area contributed by atoms with Crippen LogP contribution in [0.15, 0.2) is 48.5 Å². The summed E-state index contributed by atoms with van der Waals surface area (Å²) < 4.78 is 10.7. The van der Waals surface area contributed by atoms with Gasteiger partial charge < -0.3 is 19.9 Å². The van der Waals surface area contributed by atoms with E-state index >= 15 is 0 Å². The van der Waals surface area contributed by atoms with Crippen molar-refractivity contribution in [2.75, 3.05) is 19.8 Å². The van der Waals surface area contributed by atoms with Gasteiger partial charge in [-0.05, 0) is 62.2 Å². The Kier molecular flexibility index (Phi) is 7.67. The summed E-state index contributed by atoms with van der Waals surface area (Å²) in [5, 5.41) is 12.2. The molecule has 144 valence electrons. The average molecular weight is 371 g/mol. The number of carboxylic acids is 1. The van der Waals surface area contributed by atoms with Crippen molar-refractivity contribution in [2.24, 2.45) is 5.92 Å². The zero-order chi connectivity index (χ0) is 19.6. The second-order valence-electron chi connectivity index (χ2n) is 5.98. The van der Waals surface area contributed by atoms with Gasteiger partial charge in [0.25, 0.3) is 5.91 Å². The summed E-state index contributed by atoms with van der Waals surface area (Å²) in [6, 6.07) is 14.1. The number of hydrogen-bond acceptors (Lipinski definition) is 4. The maximum absolute atomic E-state index is 12.2. The fraction of sp³-hybridized carbons (Fsp3) is 0.333. The summed E-state index contributed by atoms with van der Waals surface area (Å²) in [6.45, 7) is 4.97. The van der Waals surface area contributed by atoms with Gasteiger partial charge in [-0.3, -0.25) is 9.59 Å². The molecule has 1 amide bonds. The van der Waals surface area contributed by atoms with E-state index in [1.54, 1.807) is 24.3 Å². The van der Waals surface area contributed by atoms with Gasteiger partial charge in [-0.2, -0.15) is 0 Å². The van der Waals surface area contributed by atoms with E-state index in [9.17, 15) is 14.7 Å². The van der Waals surface area contributed by atoms with E-state index in [0.717, 1.165) is 11.3 Å². The molecule has 0 radical (unpaired) electrons. The van der Waals surface area contributed by atoms with Crippen LogP contribution in [0.4, 0.5) is 0 Å². The molecule has 6 heteroatoms. The molecular formula is C21H25NO5. The SMILES string of the molecule is CCOc1ccc(CC(CNC(=O)c2ccc(OCC)cc2)C(=O)O)cc1. The van der Waals surface area contributed by atoms with Crippen LogP contribution in [0.2, 0.25) is 0 Å². The first kappa shape index (κ1) is 20.3. The minimum atomic E-state index is -0.948. The van der Waals surface area contributed by atoms with Crippen molar-refractivity contribution in [3.05, 3.63) is 59.7 Å². The van der Waals surface area contributed by atoms with Crippen molar-refractivity contribution < 1.29 is 24.2 Å². The molecule has 0 saturated carbocycles. The summed E-state index contributed by atoms with van der Waals surface area (Å²) in [5.74, 6) is -0.536. The van der Waals surface area contributed by atoms with E-state index in [2.05, 4.69) is 5.32 Å². The molecule has 0 saturated heterocycles. The van der Waals surface area contributed by atoms with Gasteiger partial charge in [0.05, 0.1) is 19.1 Å². The van der Waals surface area contributed by atoms with Crippen molar-refractivity contribution in [2.45, 2.75) is 20.3 Å². The van der Waals surface area contributed by atoms with Crippen LogP contribution in [0.25, 0.3) is 0 Å². The topological polar surface area (TPSA) is 84.9 Å². The number of ether oxygens (including phenoxy) is 2. The van der Waals surface area contributed by atoms with Gasteiger partial charge in [-0.15, -0.1) is 0 Å². The van der Waals surface area contributed by atoms with Crippen molar-refractivity contribution in [3.63, 3.8) is 0 Å². The number of aliphatic carboxylic acids is 1. The lowest BCUT2D eigenvalue weighted by Crippen LogP contribution is -2.34. The molecule has 0 aliphatic rings. The molecular weight excluding hydrogens is 346 g/mol. The maximum atomic E-state index is 12.2. The summed E-state index contributed by atoms with van der Waals surface area (Å²) in [7, 11) is 0. The maximum Gasteiger partial charge on any atom is 0.308 e. The predicted octanol–water partition coefficient (Wildman–Crippen LogP) is 3.16. The van der Waals surface area contributed by atoms with Crippen LogP contribution in [0.5, 0.6) is 11.5 Å². The van der Waals surface area contributed by atoms with E-state index < -0.39 is 11.9 Å². The normalized spacial score (nSPS) is 11.5. The summed E-state index contributed by atoms with van der Waals surface area (Å²) in [4.78, 5) is 23.8. The van der Waals surface area contributed by atoms with Crippen LogP contribution in [-0.4, -0.2) is 36.7 Å². The smallest absolute Gasteiger partial charge is 0.308 e. The lowest BCUT2D eigenvalue weighted by molar-refractivity contribution is -0.141. The second kappa shape index (κ2) is 10.2. The Balaban J connectivity index is 1.93. The third-order valence-electron chi connectivity index (χ3n) is 4.00. The Morgan fingerprint density at radius 2 is 1.44 bits per heavy atom. The molecule has 2 aromatic carbocycles. The van der Waals surface area contributed by atoms with Gasteiger partial charge in [0.15, 0.2) is 0 Å². The fourth-order valence-corrected chi connectivity index (χ4v) is 2.61. The van der Waals surface area contributed by atoms with Gasteiger partial charge in [0.2, 0.25) is 0 Å². The van der Waals surface area contributed by atoms with Crippen molar-refractivity contribution in [3.8, 4) is 11.5 Å². The number of rotatable bonds is 10. The molecule has 0 aliphatic heterocycles. The van der Waals surface area contributed by atoms with E-state index in [-0.39, 0.29) is 12.5 Å². The molecule has 6 nitrogen and oxygen atoms in total. The van der Waals surface area contributed by atoms with Crippen LogP contribution < -0.4 is 14.8 Å². The molecule has 0 aromatic heterocycles. The molecule has 2 aromatic rings. The van der Waals surface area contributed by atoms with E-state index in [1.807, 2.05) is 38.1 Å². The van der Waals surface area contributed by atoms with E-state index in [1.165, 1.54) is 0 Å². The standard InChI is InChI=1S/C21H25NO5/c1-3-26-18-9-5-15(6-10-18)13-17(21(24)25)14-22-20(23)16-7-11-19(12-8-16)27-4-2/h5-12,17H,3-4,13-14H2,1-2H3,(H,22,23)(H,24,25). The van der Waals surface area contributed by atoms with Crippen LogP contribution >= 0.6 is 0 Å². The first-order chi connectivity index (χ1) is 13.0. The number of nitrogens with one attached hydrogen (secondary N) is 1. The zero-order valence-electron chi connectivity index (χ0n) is 15.6.